The monoisotopic (exact) mass is 939 g/mol. The van der Waals surface area contributed by atoms with Crippen LogP contribution in [-0.2, 0) is 27.9 Å². The lowest BCUT2D eigenvalue weighted by Gasteiger charge is -2.20. The van der Waals surface area contributed by atoms with E-state index in [9.17, 15) is 19.4 Å². The first-order valence-electron chi connectivity index (χ1n) is 25.2. The lowest BCUT2D eigenvalue weighted by Crippen LogP contribution is -2.29. The summed E-state index contributed by atoms with van der Waals surface area (Å²) >= 11 is 0. The molecule has 9 nitrogen and oxygen atoms in total. The summed E-state index contributed by atoms with van der Waals surface area (Å²) in [7, 11) is -4.55. The Morgan fingerprint density at radius 2 is 0.818 bits per heavy atom. The fraction of sp³-hybridized carbons (Fsp3) is 0.589. The van der Waals surface area contributed by atoms with Crippen LogP contribution in [0.1, 0.15) is 168 Å². The standard InChI is InChI=1S/C56H91O9P/c1-3-5-7-9-11-13-15-17-19-21-23-25-27-28-30-32-34-36-38-40-42-44-46-48-56(59)65-55(53-64-66(60,61)63-51-54(58)50-57)52-62-49-47-45-43-41-39-37-35-33-31-29-26-24-22-20-18-16-14-12-10-8-6-4-2/h5-8,11-14,17-20,23-26,28,30-31,33,37,39,54-55,57-58H,3-4,9-10,15-16,21-22,27,29,32,34-36,38,40-53H2,1-2H3,(H,60,61)/b7-5-,8-6-,13-11-,14-12-,19-17-,20-18-,25-23-,26-24-,30-28-,33-31-,39-37-. The third kappa shape index (κ3) is 50.0. The van der Waals surface area contributed by atoms with Crippen molar-refractivity contribution >= 4 is 13.8 Å². The summed E-state index contributed by atoms with van der Waals surface area (Å²) in [6.07, 6.45) is 69.8. The zero-order valence-corrected chi connectivity index (χ0v) is 42.0. The Balaban J connectivity index is 4.24. The average molecular weight is 939 g/mol. The van der Waals surface area contributed by atoms with Gasteiger partial charge in [0.2, 0.25) is 0 Å². The first-order valence-corrected chi connectivity index (χ1v) is 26.7. The van der Waals surface area contributed by atoms with Gasteiger partial charge in [-0.2, -0.15) is 0 Å². The van der Waals surface area contributed by atoms with Gasteiger partial charge in [0.05, 0.1) is 26.4 Å². The van der Waals surface area contributed by atoms with Gasteiger partial charge in [-0.1, -0.05) is 186 Å². The molecule has 3 atom stereocenters. The number of ether oxygens (including phenoxy) is 2. The number of aliphatic hydroxyl groups excluding tert-OH is 2. The molecule has 0 spiro atoms. The summed E-state index contributed by atoms with van der Waals surface area (Å²) in [5.41, 5.74) is 0. The van der Waals surface area contributed by atoms with E-state index < -0.39 is 45.8 Å². The van der Waals surface area contributed by atoms with Crippen molar-refractivity contribution in [2.24, 2.45) is 0 Å². The maximum Gasteiger partial charge on any atom is 0.472 e. The second-order valence-electron chi connectivity index (χ2n) is 16.1. The number of phosphoric ester groups is 1. The Kier molecular flexibility index (Phi) is 48.4. The van der Waals surface area contributed by atoms with Crippen molar-refractivity contribution in [2.75, 3.05) is 33.0 Å². The van der Waals surface area contributed by atoms with Crippen LogP contribution < -0.4 is 0 Å². The Morgan fingerprint density at radius 1 is 0.470 bits per heavy atom. The number of carbonyl (C=O) groups excluding carboxylic acids is 1. The molecule has 66 heavy (non-hydrogen) atoms. The van der Waals surface area contributed by atoms with Crippen LogP contribution in [0.5, 0.6) is 0 Å². The SMILES string of the molecule is CC/C=C\C/C=C\C/C=C\C/C=C\C/C=C\C/C=C\CCCCCOCC(COP(=O)(O)OCC(O)CO)OC(=O)CCCCCCCCC/C=C\C/C=C\C/C=C\C/C=C\C/C=C\CC. The molecule has 0 saturated heterocycles. The first kappa shape index (κ1) is 62.6. The molecule has 0 rings (SSSR count). The number of aliphatic hydroxyl groups is 2. The molecule has 0 aromatic carbocycles. The fourth-order valence-electron chi connectivity index (χ4n) is 6.09. The van der Waals surface area contributed by atoms with Gasteiger partial charge in [0.1, 0.15) is 12.2 Å². The van der Waals surface area contributed by atoms with E-state index in [1.165, 1.54) is 19.3 Å². The lowest BCUT2D eigenvalue weighted by molar-refractivity contribution is -0.154. The van der Waals surface area contributed by atoms with E-state index in [4.69, 9.17) is 23.6 Å². The van der Waals surface area contributed by atoms with Crippen molar-refractivity contribution in [3.63, 3.8) is 0 Å². The molecule has 374 valence electrons. The number of rotatable bonds is 46. The van der Waals surface area contributed by atoms with Crippen LogP contribution in [0, 0.1) is 0 Å². The molecule has 0 fully saturated rings. The van der Waals surface area contributed by atoms with Crippen LogP contribution in [0.25, 0.3) is 0 Å². The van der Waals surface area contributed by atoms with E-state index in [0.717, 1.165) is 122 Å². The van der Waals surface area contributed by atoms with Gasteiger partial charge in [-0.15, -0.1) is 0 Å². The van der Waals surface area contributed by atoms with E-state index in [-0.39, 0.29) is 13.0 Å². The normalized spacial score (nSPS) is 14.9. The van der Waals surface area contributed by atoms with Crippen molar-refractivity contribution in [1.82, 2.24) is 0 Å². The highest BCUT2D eigenvalue weighted by atomic mass is 31.2. The largest absolute Gasteiger partial charge is 0.472 e. The molecule has 0 heterocycles. The van der Waals surface area contributed by atoms with Crippen molar-refractivity contribution < 1.29 is 43.0 Å². The van der Waals surface area contributed by atoms with Gasteiger partial charge in [0.25, 0.3) is 0 Å². The molecule has 0 aliphatic carbocycles. The van der Waals surface area contributed by atoms with E-state index in [1.807, 2.05) is 0 Å². The van der Waals surface area contributed by atoms with Gasteiger partial charge in [0.15, 0.2) is 0 Å². The second-order valence-corrected chi connectivity index (χ2v) is 17.5. The van der Waals surface area contributed by atoms with Gasteiger partial charge in [-0.25, -0.2) is 4.57 Å². The van der Waals surface area contributed by atoms with E-state index >= 15 is 0 Å². The molecule has 0 aliphatic heterocycles. The van der Waals surface area contributed by atoms with Crippen LogP contribution in [0.4, 0.5) is 0 Å². The predicted octanol–water partition coefficient (Wildman–Crippen LogP) is 14.9. The average Bonchev–Trinajstić information content (AvgIpc) is 3.31. The zero-order chi connectivity index (χ0) is 48.1. The van der Waals surface area contributed by atoms with Crippen molar-refractivity contribution in [3.05, 3.63) is 134 Å². The van der Waals surface area contributed by atoms with Gasteiger partial charge in [0, 0.05) is 13.0 Å². The molecule has 0 amide bonds. The number of hydrogen-bond donors (Lipinski definition) is 3. The molecule has 0 bridgehead atoms. The topological polar surface area (TPSA) is 132 Å². The van der Waals surface area contributed by atoms with Crippen molar-refractivity contribution in [3.8, 4) is 0 Å². The van der Waals surface area contributed by atoms with Crippen LogP contribution >= 0.6 is 7.82 Å². The molecule has 0 radical (unpaired) electrons. The molecule has 10 heteroatoms. The molecule has 0 saturated carbocycles. The van der Waals surface area contributed by atoms with Crippen LogP contribution in [0.15, 0.2) is 134 Å². The highest BCUT2D eigenvalue weighted by molar-refractivity contribution is 7.47. The van der Waals surface area contributed by atoms with Crippen LogP contribution in [0.3, 0.4) is 0 Å². The Labute approximate surface area is 402 Å². The minimum atomic E-state index is -4.55. The first-order chi connectivity index (χ1) is 32.3. The van der Waals surface area contributed by atoms with E-state index in [1.54, 1.807) is 0 Å². The fourth-order valence-corrected chi connectivity index (χ4v) is 6.88. The van der Waals surface area contributed by atoms with Gasteiger partial charge in [-0.05, 0) is 109 Å². The minimum Gasteiger partial charge on any atom is -0.457 e. The summed E-state index contributed by atoms with van der Waals surface area (Å²) in [5.74, 6) is -0.412. The third-order valence-corrected chi connectivity index (χ3v) is 10.8. The molecule has 3 unspecified atom stereocenters. The summed E-state index contributed by atoms with van der Waals surface area (Å²) in [4.78, 5) is 22.7. The highest BCUT2D eigenvalue weighted by Crippen LogP contribution is 2.43. The Bertz CT molecular complexity index is 1480. The summed E-state index contributed by atoms with van der Waals surface area (Å²) < 4.78 is 33.5. The Hall–Kier alpha value is -3.40. The van der Waals surface area contributed by atoms with Gasteiger partial charge in [-0.3, -0.25) is 13.8 Å². The maximum atomic E-state index is 12.7. The number of esters is 1. The van der Waals surface area contributed by atoms with E-state index in [2.05, 4.69) is 148 Å². The molecular weight excluding hydrogens is 848 g/mol. The highest BCUT2D eigenvalue weighted by Gasteiger charge is 2.26. The summed E-state index contributed by atoms with van der Waals surface area (Å²) in [6.45, 7) is 3.16. The number of unbranched alkanes of at least 4 members (excludes halogenated alkanes) is 10. The van der Waals surface area contributed by atoms with Crippen LogP contribution in [0.2, 0.25) is 0 Å². The van der Waals surface area contributed by atoms with Crippen LogP contribution in [-0.4, -0.2) is 66.3 Å². The third-order valence-electron chi connectivity index (χ3n) is 9.83. The van der Waals surface area contributed by atoms with E-state index in [0.29, 0.717) is 13.0 Å². The number of hydrogen-bond acceptors (Lipinski definition) is 8. The quantitative estimate of drug-likeness (QED) is 0.0236. The number of phosphoric acid groups is 1. The summed E-state index contributed by atoms with van der Waals surface area (Å²) in [6, 6.07) is 0. The number of allylic oxidation sites excluding steroid dienone is 22. The number of carbonyl (C=O) groups is 1. The summed E-state index contributed by atoms with van der Waals surface area (Å²) in [5, 5.41) is 18.4. The molecule has 3 N–H and O–H groups in total. The predicted molar refractivity (Wildman–Crippen MR) is 278 cm³/mol. The molecule has 0 aromatic rings. The zero-order valence-electron chi connectivity index (χ0n) is 41.1. The molecular formula is C56H91O9P. The molecule has 0 aliphatic rings. The van der Waals surface area contributed by atoms with Gasteiger partial charge >= 0.3 is 13.8 Å². The van der Waals surface area contributed by atoms with Crippen molar-refractivity contribution in [1.29, 1.82) is 0 Å². The minimum absolute atomic E-state index is 0.0117. The molecule has 0 aromatic heterocycles. The lowest BCUT2D eigenvalue weighted by atomic mass is 10.1. The maximum absolute atomic E-state index is 12.7. The second kappa shape index (κ2) is 51.0. The smallest absolute Gasteiger partial charge is 0.457 e. The Morgan fingerprint density at radius 3 is 1.23 bits per heavy atom. The van der Waals surface area contributed by atoms with Gasteiger partial charge < -0.3 is 24.6 Å². The van der Waals surface area contributed by atoms with Crippen molar-refractivity contribution in [2.45, 2.75) is 180 Å².